The van der Waals surface area contributed by atoms with Gasteiger partial charge in [-0.3, -0.25) is 4.79 Å². The van der Waals surface area contributed by atoms with E-state index in [1.807, 2.05) is 36.4 Å². The number of para-hydroxylation sites is 1. The largest absolute Gasteiger partial charge is 0.353 e. The van der Waals surface area contributed by atoms with Crippen LogP contribution in [0.25, 0.3) is 22.0 Å². The number of fused-ring (bicyclic) bond motifs is 1. The van der Waals surface area contributed by atoms with Gasteiger partial charge in [0.1, 0.15) is 11.6 Å². The molecule has 1 fully saturated rings. The molecule has 1 amide bonds. The van der Waals surface area contributed by atoms with Crippen molar-refractivity contribution in [2.75, 3.05) is 31.1 Å². The second-order valence-electron chi connectivity index (χ2n) is 7.18. The lowest BCUT2D eigenvalue weighted by Crippen LogP contribution is -2.49. The molecule has 4 aromatic rings. The van der Waals surface area contributed by atoms with Gasteiger partial charge < -0.3 is 14.3 Å². The maximum Gasteiger partial charge on any atom is 0.292 e. The van der Waals surface area contributed by atoms with Gasteiger partial charge in [-0.05, 0) is 18.2 Å². The Balaban J connectivity index is 1.41. The summed E-state index contributed by atoms with van der Waals surface area (Å²) in [6.07, 6.45) is 1.47. The number of pyridine rings is 1. The Kier molecular flexibility index (Phi) is 4.63. The summed E-state index contributed by atoms with van der Waals surface area (Å²) in [7, 11) is 0. The van der Waals surface area contributed by atoms with Gasteiger partial charge in [0.05, 0.1) is 11.7 Å². The van der Waals surface area contributed by atoms with Crippen LogP contribution >= 0.6 is 0 Å². The number of rotatable bonds is 3. The molecule has 0 unspecified atom stereocenters. The third-order valence-electron chi connectivity index (χ3n) is 5.41. The predicted molar refractivity (Wildman–Crippen MR) is 112 cm³/mol. The van der Waals surface area contributed by atoms with Crippen molar-refractivity contribution in [3.05, 3.63) is 78.4 Å². The summed E-state index contributed by atoms with van der Waals surface area (Å²) < 4.78 is 19.4. The van der Waals surface area contributed by atoms with Crippen LogP contribution in [-0.4, -0.2) is 47.1 Å². The van der Waals surface area contributed by atoms with Crippen molar-refractivity contribution >= 4 is 22.6 Å². The van der Waals surface area contributed by atoms with E-state index in [2.05, 4.69) is 10.1 Å². The summed E-state index contributed by atoms with van der Waals surface area (Å²) >= 11 is 0. The molecule has 7 heteroatoms. The number of nitrogens with zero attached hydrogens (tertiary/aromatic N) is 4. The summed E-state index contributed by atoms with van der Waals surface area (Å²) in [5, 5.41) is 4.56. The zero-order chi connectivity index (χ0) is 20.5. The first kappa shape index (κ1) is 18.3. The molecule has 150 valence electrons. The summed E-state index contributed by atoms with van der Waals surface area (Å²) in [6, 6.07) is 18.1. The van der Waals surface area contributed by atoms with Crippen molar-refractivity contribution in [2.24, 2.45) is 0 Å². The minimum Gasteiger partial charge on any atom is -0.353 e. The van der Waals surface area contributed by atoms with Gasteiger partial charge >= 0.3 is 0 Å². The molecule has 0 atom stereocenters. The Labute approximate surface area is 172 Å². The molecule has 6 nitrogen and oxygen atoms in total. The zero-order valence-electron chi connectivity index (χ0n) is 16.2. The van der Waals surface area contributed by atoms with E-state index in [-0.39, 0.29) is 17.5 Å². The minimum atomic E-state index is -0.267. The molecule has 2 aromatic heterocycles. The Morgan fingerprint density at radius 1 is 0.900 bits per heavy atom. The van der Waals surface area contributed by atoms with Crippen molar-refractivity contribution < 1.29 is 13.7 Å². The van der Waals surface area contributed by atoms with Gasteiger partial charge in [0.15, 0.2) is 0 Å². The van der Waals surface area contributed by atoms with Crippen LogP contribution in [0.2, 0.25) is 0 Å². The van der Waals surface area contributed by atoms with Crippen molar-refractivity contribution in [2.45, 2.75) is 0 Å². The maximum absolute atomic E-state index is 14.4. The van der Waals surface area contributed by atoms with E-state index in [0.717, 1.165) is 22.3 Å². The molecule has 0 bridgehead atoms. The third-order valence-corrected chi connectivity index (χ3v) is 5.41. The first-order valence-corrected chi connectivity index (χ1v) is 9.80. The van der Waals surface area contributed by atoms with Crippen molar-refractivity contribution in [1.29, 1.82) is 0 Å². The third kappa shape index (κ3) is 3.28. The number of amides is 1. The molecular weight excluding hydrogens is 383 g/mol. The Morgan fingerprint density at radius 3 is 2.47 bits per heavy atom. The summed E-state index contributed by atoms with van der Waals surface area (Å²) in [5.41, 5.74) is 2.07. The van der Waals surface area contributed by atoms with Gasteiger partial charge in [-0.15, -0.1) is 0 Å². The number of anilines is 1. The van der Waals surface area contributed by atoms with Crippen LogP contribution in [0.4, 0.5) is 10.2 Å². The number of piperazine rings is 1. The highest BCUT2D eigenvalue weighted by molar-refractivity contribution is 5.94. The second kappa shape index (κ2) is 7.59. The molecule has 0 spiro atoms. The number of hydrogen-bond acceptors (Lipinski definition) is 5. The van der Waals surface area contributed by atoms with E-state index < -0.39 is 0 Å². The van der Waals surface area contributed by atoms with Crippen LogP contribution in [0.3, 0.4) is 0 Å². The molecule has 3 heterocycles. The second-order valence-corrected chi connectivity index (χ2v) is 7.18. The number of benzene rings is 2. The lowest BCUT2D eigenvalue weighted by atomic mass is 10.0. The summed E-state index contributed by atoms with van der Waals surface area (Å²) in [6.45, 7) is 2.43. The van der Waals surface area contributed by atoms with Crippen molar-refractivity contribution in [3.63, 3.8) is 0 Å². The monoisotopic (exact) mass is 402 g/mol. The maximum atomic E-state index is 14.4. The highest BCUT2D eigenvalue weighted by atomic mass is 19.1. The summed E-state index contributed by atoms with van der Waals surface area (Å²) in [4.78, 5) is 21.2. The fraction of sp³-hybridized carbons (Fsp3) is 0.174. The first-order chi connectivity index (χ1) is 14.7. The smallest absolute Gasteiger partial charge is 0.292 e. The van der Waals surface area contributed by atoms with Gasteiger partial charge in [0.25, 0.3) is 5.91 Å². The SMILES string of the molecule is O=C(c1ccno1)N1CCN(c2ccc3cccc(-c4ccccc4F)c3n2)CC1. The average Bonchev–Trinajstić information content (AvgIpc) is 3.33. The van der Waals surface area contributed by atoms with Crippen LogP contribution in [0.15, 0.2) is 71.4 Å². The Bertz CT molecular complexity index is 1200. The zero-order valence-corrected chi connectivity index (χ0v) is 16.2. The molecule has 1 aliphatic rings. The molecule has 0 radical (unpaired) electrons. The minimum absolute atomic E-state index is 0.152. The molecular formula is C23H19FN4O2. The highest BCUT2D eigenvalue weighted by Gasteiger charge is 2.25. The van der Waals surface area contributed by atoms with Gasteiger partial charge in [0, 0.05) is 48.8 Å². The van der Waals surface area contributed by atoms with E-state index in [9.17, 15) is 9.18 Å². The van der Waals surface area contributed by atoms with Crippen molar-refractivity contribution in [3.8, 4) is 11.1 Å². The molecule has 5 rings (SSSR count). The molecule has 2 aromatic carbocycles. The van der Waals surface area contributed by atoms with Gasteiger partial charge in [-0.2, -0.15) is 0 Å². The standard InChI is InChI=1S/C23H19FN4O2/c24-19-7-2-1-5-17(19)18-6-3-4-16-8-9-21(26-22(16)18)27-12-14-28(15-13-27)23(29)20-10-11-25-30-20/h1-11H,12-15H2. The average molecular weight is 402 g/mol. The first-order valence-electron chi connectivity index (χ1n) is 9.80. The molecule has 0 N–H and O–H groups in total. The van der Waals surface area contributed by atoms with Crippen LogP contribution in [0.5, 0.6) is 0 Å². The molecule has 0 saturated carbocycles. The van der Waals surface area contributed by atoms with Gasteiger partial charge in [0.2, 0.25) is 5.76 Å². The van der Waals surface area contributed by atoms with Crippen LogP contribution in [-0.2, 0) is 0 Å². The highest BCUT2D eigenvalue weighted by Crippen LogP contribution is 2.31. The lowest BCUT2D eigenvalue weighted by molar-refractivity contribution is 0.0704. The van der Waals surface area contributed by atoms with Crippen LogP contribution < -0.4 is 4.90 Å². The molecule has 0 aliphatic carbocycles. The van der Waals surface area contributed by atoms with Crippen LogP contribution in [0.1, 0.15) is 10.6 Å². The lowest BCUT2D eigenvalue weighted by Gasteiger charge is -2.35. The number of carbonyl (C=O) groups excluding carboxylic acids is 1. The fourth-order valence-corrected chi connectivity index (χ4v) is 3.83. The topological polar surface area (TPSA) is 62.5 Å². The van der Waals surface area contributed by atoms with E-state index in [4.69, 9.17) is 9.51 Å². The fourth-order valence-electron chi connectivity index (χ4n) is 3.83. The number of aromatic nitrogens is 2. The van der Waals surface area contributed by atoms with Gasteiger partial charge in [-0.1, -0.05) is 41.6 Å². The van der Waals surface area contributed by atoms with Gasteiger partial charge in [-0.25, -0.2) is 9.37 Å². The molecule has 1 saturated heterocycles. The predicted octanol–water partition coefficient (Wildman–Crippen LogP) is 3.99. The summed E-state index contributed by atoms with van der Waals surface area (Å²) in [5.74, 6) is 0.650. The molecule has 1 aliphatic heterocycles. The Morgan fingerprint density at radius 2 is 1.70 bits per heavy atom. The quantitative estimate of drug-likeness (QED) is 0.519. The number of halogens is 1. The number of hydrogen-bond donors (Lipinski definition) is 0. The van der Waals surface area contributed by atoms with E-state index in [1.54, 1.807) is 23.1 Å². The van der Waals surface area contributed by atoms with E-state index >= 15 is 0 Å². The molecule has 30 heavy (non-hydrogen) atoms. The van der Waals surface area contributed by atoms with Crippen molar-refractivity contribution in [1.82, 2.24) is 15.0 Å². The van der Waals surface area contributed by atoms with E-state index in [0.29, 0.717) is 31.7 Å². The number of carbonyl (C=O) groups is 1. The van der Waals surface area contributed by atoms with E-state index in [1.165, 1.54) is 12.3 Å². The Hall–Kier alpha value is -3.74. The van der Waals surface area contributed by atoms with Crippen LogP contribution in [0, 0.1) is 5.82 Å². The normalized spacial score (nSPS) is 14.3.